The maximum Gasteiger partial charge on any atom is 0.229 e. The van der Waals surface area contributed by atoms with Crippen molar-refractivity contribution in [2.75, 3.05) is 6.54 Å². The first-order chi connectivity index (χ1) is 10.7. The fourth-order valence-electron chi connectivity index (χ4n) is 2.69. The topological polar surface area (TPSA) is 59.2 Å². The SMILES string of the molecule is CC[C@@H](C)c1nc([C@H]2CC(=O)N(Cc3ccccc3)C2)no1. The maximum absolute atomic E-state index is 12.2. The predicted octanol–water partition coefficient (Wildman–Crippen LogP) is 3.10. The van der Waals surface area contributed by atoms with Gasteiger partial charge in [-0.1, -0.05) is 49.3 Å². The zero-order valence-electron chi connectivity index (χ0n) is 13.0. The zero-order valence-corrected chi connectivity index (χ0v) is 13.0. The number of amides is 1. The summed E-state index contributed by atoms with van der Waals surface area (Å²) >= 11 is 0. The second-order valence-electron chi connectivity index (χ2n) is 5.96. The van der Waals surface area contributed by atoms with Crippen LogP contribution in [0.25, 0.3) is 0 Å². The van der Waals surface area contributed by atoms with Crippen molar-refractivity contribution in [2.45, 2.75) is 45.1 Å². The average Bonchev–Trinajstić information content (AvgIpc) is 3.15. The van der Waals surface area contributed by atoms with Crippen LogP contribution in [0, 0.1) is 0 Å². The third kappa shape index (κ3) is 3.03. The third-order valence-corrected chi connectivity index (χ3v) is 4.29. The van der Waals surface area contributed by atoms with Gasteiger partial charge in [-0.3, -0.25) is 4.79 Å². The number of benzene rings is 1. The maximum atomic E-state index is 12.2. The summed E-state index contributed by atoms with van der Waals surface area (Å²) in [5, 5.41) is 4.08. The van der Waals surface area contributed by atoms with Crippen LogP contribution in [0.5, 0.6) is 0 Å². The Morgan fingerprint density at radius 2 is 2.14 bits per heavy atom. The molecule has 1 fully saturated rings. The van der Waals surface area contributed by atoms with E-state index >= 15 is 0 Å². The van der Waals surface area contributed by atoms with Gasteiger partial charge < -0.3 is 9.42 Å². The van der Waals surface area contributed by atoms with Gasteiger partial charge in [0.05, 0.1) is 0 Å². The van der Waals surface area contributed by atoms with E-state index in [4.69, 9.17) is 4.52 Å². The molecule has 3 rings (SSSR count). The second-order valence-corrected chi connectivity index (χ2v) is 5.96. The van der Waals surface area contributed by atoms with Crippen molar-refractivity contribution in [3.63, 3.8) is 0 Å². The number of aromatic nitrogens is 2. The van der Waals surface area contributed by atoms with Crippen LogP contribution in [-0.2, 0) is 11.3 Å². The van der Waals surface area contributed by atoms with Gasteiger partial charge in [-0.2, -0.15) is 4.98 Å². The van der Waals surface area contributed by atoms with Crippen molar-refractivity contribution in [2.24, 2.45) is 0 Å². The minimum Gasteiger partial charge on any atom is -0.339 e. The molecule has 1 amide bonds. The molecule has 5 heteroatoms. The van der Waals surface area contributed by atoms with E-state index in [0.717, 1.165) is 12.0 Å². The lowest BCUT2D eigenvalue weighted by Gasteiger charge is -2.15. The molecule has 0 unspecified atom stereocenters. The minimum atomic E-state index is 0.0396. The highest BCUT2D eigenvalue weighted by molar-refractivity contribution is 5.79. The summed E-state index contributed by atoms with van der Waals surface area (Å²) in [5.74, 6) is 1.80. The summed E-state index contributed by atoms with van der Waals surface area (Å²) in [4.78, 5) is 18.6. The predicted molar refractivity (Wildman–Crippen MR) is 82.2 cm³/mol. The molecule has 0 radical (unpaired) electrons. The quantitative estimate of drug-likeness (QED) is 0.851. The van der Waals surface area contributed by atoms with E-state index in [1.807, 2.05) is 35.2 Å². The molecule has 2 heterocycles. The van der Waals surface area contributed by atoms with E-state index in [0.29, 0.717) is 31.2 Å². The lowest BCUT2D eigenvalue weighted by Crippen LogP contribution is -2.24. The monoisotopic (exact) mass is 299 g/mol. The molecule has 1 saturated heterocycles. The molecule has 1 aliphatic rings. The van der Waals surface area contributed by atoms with Crippen molar-refractivity contribution < 1.29 is 9.32 Å². The molecule has 22 heavy (non-hydrogen) atoms. The Kier molecular flexibility index (Phi) is 4.22. The molecular formula is C17H21N3O2. The molecule has 5 nitrogen and oxygen atoms in total. The van der Waals surface area contributed by atoms with Crippen LogP contribution in [0.2, 0.25) is 0 Å². The number of nitrogens with zero attached hydrogens (tertiary/aromatic N) is 3. The summed E-state index contributed by atoms with van der Waals surface area (Å²) < 4.78 is 5.33. The van der Waals surface area contributed by atoms with E-state index in [2.05, 4.69) is 24.0 Å². The first-order valence-electron chi connectivity index (χ1n) is 7.82. The molecule has 2 atom stereocenters. The molecule has 116 valence electrons. The highest BCUT2D eigenvalue weighted by atomic mass is 16.5. The smallest absolute Gasteiger partial charge is 0.229 e. The van der Waals surface area contributed by atoms with Crippen LogP contribution < -0.4 is 0 Å². The first-order valence-corrected chi connectivity index (χ1v) is 7.82. The minimum absolute atomic E-state index is 0.0396. The van der Waals surface area contributed by atoms with Gasteiger partial charge in [0, 0.05) is 31.3 Å². The van der Waals surface area contributed by atoms with Gasteiger partial charge in [0.25, 0.3) is 0 Å². The van der Waals surface area contributed by atoms with Crippen molar-refractivity contribution in [1.29, 1.82) is 0 Å². The lowest BCUT2D eigenvalue weighted by molar-refractivity contribution is -0.128. The van der Waals surface area contributed by atoms with E-state index in [-0.39, 0.29) is 17.7 Å². The number of carbonyl (C=O) groups is 1. The van der Waals surface area contributed by atoms with Gasteiger partial charge in [0.1, 0.15) is 0 Å². The molecule has 2 aromatic rings. The number of likely N-dealkylation sites (tertiary alicyclic amines) is 1. The fraction of sp³-hybridized carbons (Fsp3) is 0.471. The average molecular weight is 299 g/mol. The zero-order chi connectivity index (χ0) is 15.5. The molecule has 1 aliphatic heterocycles. The van der Waals surface area contributed by atoms with Gasteiger partial charge in [0.2, 0.25) is 11.8 Å². The number of hydrogen-bond donors (Lipinski definition) is 0. The molecule has 1 aromatic carbocycles. The van der Waals surface area contributed by atoms with Gasteiger partial charge in [-0.25, -0.2) is 0 Å². The molecule has 0 N–H and O–H groups in total. The van der Waals surface area contributed by atoms with Gasteiger partial charge in [0.15, 0.2) is 5.82 Å². The standard InChI is InChI=1S/C17H21N3O2/c1-3-12(2)17-18-16(19-22-17)14-9-15(21)20(11-14)10-13-7-5-4-6-8-13/h4-8,12,14H,3,9-11H2,1-2H3/t12-,14+/m1/s1. The second kappa shape index (κ2) is 6.30. The highest BCUT2D eigenvalue weighted by Crippen LogP contribution is 2.28. The molecule has 0 saturated carbocycles. The number of carbonyl (C=O) groups excluding carboxylic acids is 1. The Hall–Kier alpha value is -2.17. The Morgan fingerprint density at radius 1 is 1.36 bits per heavy atom. The van der Waals surface area contributed by atoms with Crippen molar-refractivity contribution in [1.82, 2.24) is 15.0 Å². The summed E-state index contributed by atoms with van der Waals surface area (Å²) in [5.41, 5.74) is 1.14. The summed E-state index contributed by atoms with van der Waals surface area (Å²) in [7, 11) is 0. The fourth-order valence-corrected chi connectivity index (χ4v) is 2.69. The van der Waals surface area contributed by atoms with Crippen LogP contribution in [0.15, 0.2) is 34.9 Å². The van der Waals surface area contributed by atoms with E-state index in [1.165, 1.54) is 0 Å². The van der Waals surface area contributed by atoms with Gasteiger partial charge in [-0.15, -0.1) is 0 Å². The van der Waals surface area contributed by atoms with Crippen molar-refractivity contribution in [3.05, 3.63) is 47.6 Å². The Morgan fingerprint density at radius 3 is 2.86 bits per heavy atom. The van der Waals surface area contributed by atoms with Crippen LogP contribution >= 0.6 is 0 Å². The van der Waals surface area contributed by atoms with E-state index < -0.39 is 0 Å². The van der Waals surface area contributed by atoms with E-state index in [9.17, 15) is 4.79 Å². The van der Waals surface area contributed by atoms with Crippen LogP contribution in [0.1, 0.15) is 55.8 Å². The number of hydrogen-bond acceptors (Lipinski definition) is 4. The molecule has 0 spiro atoms. The largest absolute Gasteiger partial charge is 0.339 e. The van der Waals surface area contributed by atoms with Crippen molar-refractivity contribution in [3.8, 4) is 0 Å². The molecule has 1 aromatic heterocycles. The summed E-state index contributed by atoms with van der Waals surface area (Å²) in [6.45, 7) is 5.47. The Bertz CT molecular complexity index is 638. The first kappa shape index (κ1) is 14.8. The Labute approximate surface area is 130 Å². The van der Waals surface area contributed by atoms with Crippen molar-refractivity contribution >= 4 is 5.91 Å². The highest BCUT2D eigenvalue weighted by Gasteiger charge is 2.33. The molecule has 0 aliphatic carbocycles. The molecule has 0 bridgehead atoms. The number of rotatable bonds is 5. The lowest BCUT2D eigenvalue weighted by atomic mass is 10.1. The third-order valence-electron chi connectivity index (χ3n) is 4.29. The molecular weight excluding hydrogens is 278 g/mol. The van der Waals surface area contributed by atoms with Crippen LogP contribution in [0.3, 0.4) is 0 Å². The normalized spacial score (nSPS) is 19.6. The van der Waals surface area contributed by atoms with Crippen LogP contribution in [0.4, 0.5) is 0 Å². The van der Waals surface area contributed by atoms with Crippen LogP contribution in [-0.4, -0.2) is 27.5 Å². The Balaban J connectivity index is 1.68. The summed E-state index contributed by atoms with van der Waals surface area (Å²) in [6.07, 6.45) is 1.43. The summed E-state index contributed by atoms with van der Waals surface area (Å²) in [6, 6.07) is 10.0. The van der Waals surface area contributed by atoms with Gasteiger partial charge >= 0.3 is 0 Å². The van der Waals surface area contributed by atoms with E-state index in [1.54, 1.807) is 0 Å². The van der Waals surface area contributed by atoms with Gasteiger partial charge in [-0.05, 0) is 12.0 Å².